The van der Waals surface area contributed by atoms with Gasteiger partial charge in [-0.25, -0.2) is 5.32 Å². The molecule has 0 spiro atoms. The molecule has 1 aromatic heterocycles. The van der Waals surface area contributed by atoms with Crippen LogP contribution in [0.15, 0.2) is 34.7 Å². The fourth-order valence-electron chi connectivity index (χ4n) is 2.76. The van der Waals surface area contributed by atoms with E-state index in [2.05, 4.69) is 20.5 Å². The minimum Gasteiger partial charge on any atom is -0.373 e. The molecule has 0 aromatic carbocycles. The molecule has 0 saturated heterocycles. The maximum atomic E-state index is 5.59. The van der Waals surface area contributed by atoms with Crippen molar-refractivity contribution in [2.24, 2.45) is 16.1 Å². The summed E-state index contributed by atoms with van der Waals surface area (Å²) in [6.45, 7) is 0. The quantitative estimate of drug-likeness (QED) is 0.827. The zero-order valence-corrected chi connectivity index (χ0v) is 11.0. The van der Waals surface area contributed by atoms with Crippen molar-refractivity contribution in [1.82, 2.24) is 10.3 Å². The van der Waals surface area contributed by atoms with Gasteiger partial charge in [-0.05, 0) is 30.9 Å². The van der Waals surface area contributed by atoms with Crippen LogP contribution in [0.5, 0.6) is 0 Å². The van der Waals surface area contributed by atoms with Gasteiger partial charge < -0.3 is 4.74 Å². The van der Waals surface area contributed by atoms with Crippen LogP contribution in [0.1, 0.15) is 31.2 Å². The van der Waals surface area contributed by atoms with Crippen LogP contribution in [0, 0.1) is 5.92 Å². The second-order valence-corrected chi connectivity index (χ2v) is 4.94. The highest BCUT2D eigenvalue weighted by Crippen LogP contribution is 2.30. The van der Waals surface area contributed by atoms with Crippen molar-refractivity contribution >= 4 is 11.7 Å². The highest BCUT2D eigenvalue weighted by molar-refractivity contribution is 6.12. The van der Waals surface area contributed by atoms with Gasteiger partial charge in [0.25, 0.3) is 0 Å². The Morgan fingerprint density at radius 1 is 1.26 bits per heavy atom. The molecule has 1 radical (unpaired) electrons. The smallest absolute Gasteiger partial charge is 0.185 e. The summed E-state index contributed by atoms with van der Waals surface area (Å²) >= 11 is 0. The molecule has 1 aromatic rings. The Hall–Kier alpha value is -1.75. The van der Waals surface area contributed by atoms with Gasteiger partial charge >= 0.3 is 0 Å². The molecule has 1 aliphatic heterocycles. The predicted molar refractivity (Wildman–Crippen MR) is 73.1 cm³/mol. The molecular formula is C14H17N4O. The van der Waals surface area contributed by atoms with Crippen molar-refractivity contribution < 1.29 is 4.74 Å². The molecule has 0 bridgehead atoms. The molecule has 1 atom stereocenters. The maximum Gasteiger partial charge on any atom is 0.185 e. The van der Waals surface area contributed by atoms with Crippen LogP contribution >= 0.6 is 0 Å². The molecule has 1 aliphatic carbocycles. The zero-order valence-electron chi connectivity index (χ0n) is 11.0. The van der Waals surface area contributed by atoms with E-state index in [1.165, 1.54) is 25.7 Å². The van der Waals surface area contributed by atoms with Crippen molar-refractivity contribution in [3.05, 3.63) is 30.1 Å². The van der Waals surface area contributed by atoms with E-state index >= 15 is 0 Å². The lowest BCUT2D eigenvalue weighted by Gasteiger charge is -2.20. The average Bonchev–Trinajstić information content (AvgIpc) is 3.12. The van der Waals surface area contributed by atoms with E-state index < -0.39 is 0 Å². The normalized spacial score (nSPS) is 20.9. The van der Waals surface area contributed by atoms with Crippen molar-refractivity contribution in [3.63, 3.8) is 0 Å². The van der Waals surface area contributed by atoms with Gasteiger partial charge in [-0.1, -0.05) is 12.8 Å². The first-order valence-electron chi connectivity index (χ1n) is 6.69. The third-order valence-corrected chi connectivity index (χ3v) is 3.72. The SMILES string of the molecule is COC(C1=NN=C(c2cccnc2)[N]1)C1CCCC1. The van der Waals surface area contributed by atoms with Crippen LogP contribution in [-0.2, 0) is 4.74 Å². The van der Waals surface area contributed by atoms with E-state index in [1.807, 2.05) is 12.1 Å². The lowest BCUT2D eigenvalue weighted by Crippen LogP contribution is -2.36. The monoisotopic (exact) mass is 257 g/mol. The van der Waals surface area contributed by atoms with Crippen molar-refractivity contribution in [3.8, 4) is 0 Å². The van der Waals surface area contributed by atoms with E-state index in [4.69, 9.17) is 4.74 Å². The van der Waals surface area contributed by atoms with Gasteiger partial charge in [0.1, 0.15) is 6.10 Å². The minimum atomic E-state index is -0.0274. The van der Waals surface area contributed by atoms with Gasteiger partial charge in [0.2, 0.25) is 0 Å². The number of methoxy groups -OCH3 is 1. The summed E-state index contributed by atoms with van der Waals surface area (Å²) in [5, 5.41) is 12.8. The van der Waals surface area contributed by atoms with E-state index in [9.17, 15) is 0 Å². The summed E-state index contributed by atoms with van der Waals surface area (Å²) in [6, 6.07) is 3.81. The highest BCUT2D eigenvalue weighted by Gasteiger charge is 2.32. The summed E-state index contributed by atoms with van der Waals surface area (Å²) in [5.41, 5.74) is 0.891. The van der Waals surface area contributed by atoms with Crippen molar-refractivity contribution in [2.45, 2.75) is 31.8 Å². The Balaban J connectivity index is 1.69. The Bertz CT molecular complexity index is 491. The first-order valence-corrected chi connectivity index (χ1v) is 6.69. The van der Waals surface area contributed by atoms with Gasteiger partial charge in [0.15, 0.2) is 11.7 Å². The number of aromatic nitrogens is 1. The molecule has 0 amide bonds. The van der Waals surface area contributed by atoms with Crippen LogP contribution < -0.4 is 5.32 Å². The summed E-state index contributed by atoms with van der Waals surface area (Å²) in [5.74, 6) is 1.85. The number of ether oxygens (including phenoxy) is 1. The second-order valence-electron chi connectivity index (χ2n) is 4.94. The van der Waals surface area contributed by atoms with Crippen LogP contribution in [0.25, 0.3) is 0 Å². The molecule has 3 rings (SSSR count). The van der Waals surface area contributed by atoms with Gasteiger partial charge in [-0.2, -0.15) is 0 Å². The lowest BCUT2D eigenvalue weighted by atomic mass is 9.99. The van der Waals surface area contributed by atoms with Crippen molar-refractivity contribution in [1.29, 1.82) is 0 Å². The molecule has 0 N–H and O–H groups in total. The first-order chi connectivity index (χ1) is 9.38. The minimum absolute atomic E-state index is 0.0274. The largest absolute Gasteiger partial charge is 0.373 e. The number of nitrogens with zero attached hydrogens (tertiary/aromatic N) is 4. The van der Waals surface area contributed by atoms with Crippen LogP contribution in [0.3, 0.4) is 0 Å². The summed E-state index contributed by atoms with van der Waals surface area (Å²) < 4.78 is 5.59. The third kappa shape index (κ3) is 2.51. The molecule has 1 saturated carbocycles. The first kappa shape index (κ1) is 12.3. The fraction of sp³-hybridized carbons (Fsp3) is 0.500. The summed E-state index contributed by atoms with van der Waals surface area (Å²) in [7, 11) is 1.73. The number of hydrogen-bond acceptors (Lipinski definition) is 4. The predicted octanol–water partition coefficient (Wildman–Crippen LogP) is 1.96. The number of hydrogen-bond donors (Lipinski definition) is 0. The van der Waals surface area contributed by atoms with Crippen LogP contribution in [0.4, 0.5) is 0 Å². The molecule has 99 valence electrons. The Morgan fingerprint density at radius 2 is 2.11 bits per heavy atom. The zero-order chi connectivity index (χ0) is 13.1. The number of amidine groups is 2. The van der Waals surface area contributed by atoms with Gasteiger partial charge in [0.05, 0.1) is 0 Å². The van der Waals surface area contributed by atoms with Crippen LogP contribution in [-0.4, -0.2) is 29.9 Å². The Kier molecular flexibility index (Phi) is 3.55. The summed E-state index contributed by atoms with van der Waals surface area (Å²) in [4.78, 5) is 4.07. The summed E-state index contributed by atoms with van der Waals surface area (Å²) in [6.07, 6.45) is 8.38. The average molecular weight is 257 g/mol. The molecule has 19 heavy (non-hydrogen) atoms. The molecule has 1 fully saturated rings. The molecule has 2 heterocycles. The molecule has 5 nitrogen and oxygen atoms in total. The van der Waals surface area contributed by atoms with Crippen LogP contribution in [0.2, 0.25) is 0 Å². The van der Waals surface area contributed by atoms with Gasteiger partial charge in [-0.3, -0.25) is 4.98 Å². The molecular weight excluding hydrogens is 240 g/mol. The second kappa shape index (κ2) is 5.48. The van der Waals surface area contributed by atoms with E-state index in [1.54, 1.807) is 19.5 Å². The van der Waals surface area contributed by atoms with Crippen molar-refractivity contribution in [2.75, 3.05) is 7.11 Å². The number of rotatable bonds is 4. The maximum absolute atomic E-state index is 5.59. The van der Waals surface area contributed by atoms with Gasteiger partial charge in [0, 0.05) is 25.1 Å². The lowest BCUT2D eigenvalue weighted by molar-refractivity contribution is 0.105. The topological polar surface area (TPSA) is 60.9 Å². The number of pyridine rings is 1. The van der Waals surface area contributed by atoms with E-state index in [0.717, 1.165) is 5.56 Å². The Labute approximate surface area is 112 Å². The van der Waals surface area contributed by atoms with E-state index in [-0.39, 0.29) is 6.10 Å². The highest BCUT2D eigenvalue weighted by atomic mass is 16.5. The Morgan fingerprint density at radius 3 is 2.79 bits per heavy atom. The molecule has 2 aliphatic rings. The molecule has 1 unspecified atom stereocenters. The standard InChI is InChI=1S/C14H17N4O/c1-19-12(10-5-2-3-6-10)14-16-13(17-18-14)11-7-4-8-15-9-11/h4,7-10,12H,2-3,5-6H2,1H3. The fourth-order valence-corrected chi connectivity index (χ4v) is 2.76. The third-order valence-electron chi connectivity index (χ3n) is 3.72. The van der Waals surface area contributed by atoms with Gasteiger partial charge in [-0.15, -0.1) is 10.2 Å². The van der Waals surface area contributed by atoms with E-state index in [0.29, 0.717) is 17.6 Å². The molecule has 5 heteroatoms.